The van der Waals surface area contributed by atoms with Crippen LogP contribution in [0.2, 0.25) is 0 Å². The Hall–Kier alpha value is -1.12. The van der Waals surface area contributed by atoms with Crippen LogP contribution < -0.4 is 5.56 Å². The first-order valence-corrected chi connectivity index (χ1v) is 3.71. The predicted octanol–water partition coefficient (Wildman–Crippen LogP) is 1.11. The van der Waals surface area contributed by atoms with Crippen molar-refractivity contribution in [3.63, 3.8) is 0 Å². The normalized spacial score (nSPS) is 8.36. The number of hydrogen-bond donors (Lipinski definition) is 0. The minimum absolute atomic E-state index is 0.0301. The topological polar surface area (TPSA) is 34.9 Å². The average molecular weight is 154 g/mol. The highest BCUT2D eigenvalue weighted by Gasteiger charge is 1.91. The van der Waals surface area contributed by atoms with E-state index in [0.717, 1.165) is 5.56 Å². The number of hydrogen-bond acceptors (Lipinski definition) is 2. The smallest absolute Gasteiger partial charge is 0.268 e. The monoisotopic (exact) mass is 154 g/mol. The van der Waals surface area contributed by atoms with Crippen LogP contribution in [0.3, 0.4) is 0 Å². The number of nitrogens with zero attached hydrogens (tertiary/aromatic N) is 2. The van der Waals surface area contributed by atoms with E-state index >= 15 is 0 Å². The molecular weight excluding hydrogens is 140 g/mol. The maximum atomic E-state index is 10.9. The van der Waals surface area contributed by atoms with Crippen molar-refractivity contribution in [1.29, 1.82) is 0 Å². The molecule has 0 unspecified atom stereocenters. The Morgan fingerprint density at radius 3 is 2.36 bits per heavy atom. The Labute approximate surface area is 66.7 Å². The fraction of sp³-hybridized carbons (Fsp3) is 0.500. The highest BCUT2D eigenvalue weighted by Crippen LogP contribution is 1.80. The molecule has 0 bridgehead atoms. The van der Waals surface area contributed by atoms with E-state index in [0.29, 0.717) is 0 Å². The average Bonchev–Trinajstić information content (AvgIpc) is 2.04. The zero-order valence-electron chi connectivity index (χ0n) is 7.46. The van der Waals surface area contributed by atoms with E-state index in [1.165, 1.54) is 4.68 Å². The second-order valence-corrected chi connectivity index (χ2v) is 1.94. The summed E-state index contributed by atoms with van der Waals surface area (Å²) >= 11 is 0. The number of rotatable bonds is 0. The van der Waals surface area contributed by atoms with Gasteiger partial charge >= 0.3 is 0 Å². The minimum atomic E-state index is -0.0301. The molecule has 0 atom stereocenters. The van der Waals surface area contributed by atoms with E-state index in [2.05, 4.69) is 5.10 Å². The van der Waals surface area contributed by atoms with Crippen molar-refractivity contribution >= 4 is 0 Å². The van der Waals surface area contributed by atoms with Crippen LogP contribution in [-0.4, -0.2) is 9.78 Å². The Morgan fingerprint density at radius 1 is 1.45 bits per heavy atom. The quantitative estimate of drug-likeness (QED) is 0.561. The van der Waals surface area contributed by atoms with Crippen molar-refractivity contribution in [2.24, 2.45) is 7.05 Å². The van der Waals surface area contributed by atoms with Gasteiger partial charge in [0.1, 0.15) is 0 Å². The zero-order chi connectivity index (χ0) is 8.85. The first kappa shape index (κ1) is 9.88. The lowest BCUT2D eigenvalue weighted by Gasteiger charge is -1.93. The summed E-state index contributed by atoms with van der Waals surface area (Å²) in [7, 11) is 1.63. The van der Waals surface area contributed by atoms with Gasteiger partial charge in [0.25, 0.3) is 5.56 Å². The van der Waals surface area contributed by atoms with Gasteiger partial charge in [-0.3, -0.25) is 4.79 Å². The van der Waals surface area contributed by atoms with E-state index in [9.17, 15) is 4.79 Å². The lowest BCUT2D eigenvalue weighted by molar-refractivity contribution is 0.700. The molecular formula is C8H14N2O. The Bertz CT molecular complexity index is 242. The van der Waals surface area contributed by atoms with Crippen molar-refractivity contribution in [2.75, 3.05) is 0 Å². The molecule has 1 aromatic heterocycles. The third-order valence-corrected chi connectivity index (χ3v) is 1.20. The van der Waals surface area contributed by atoms with Crippen molar-refractivity contribution in [3.05, 3.63) is 28.2 Å². The molecule has 1 rings (SSSR count). The summed E-state index contributed by atoms with van der Waals surface area (Å²) in [6.07, 6.45) is 1.61. The molecule has 0 N–H and O–H groups in total. The molecule has 0 saturated heterocycles. The molecule has 11 heavy (non-hydrogen) atoms. The van der Waals surface area contributed by atoms with E-state index in [4.69, 9.17) is 0 Å². The molecule has 1 aromatic rings. The zero-order valence-corrected chi connectivity index (χ0v) is 7.46. The van der Waals surface area contributed by atoms with Crippen LogP contribution in [0.4, 0.5) is 0 Å². The summed E-state index contributed by atoms with van der Waals surface area (Å²) in [6, 6.07) is 1.70. The number of aromatic nitrogens is 2. The van der Waals surface area contributed by atoms with Gasteiger partial charge in [0.2, 0.25) is 0 Å². The molecule has 62 valence electrons. The van der Waals surface area contributed by atoms with Gasteiger partial charge in [-0.1, -0.05) is 13.8 Å². The SMILES string of the molecule is CC.Cc1ccnn(C)c1=O. The predicted molar refractivity (Wildman–Crippen MR) is 45.6 cm³/mol. The highest BCUT2D eigenvalue weighted by molar-refractivity contribution is 5.02. The number of aryl methyl sites for hydroxylation is 2. The summed E-state index contributed by atoms with van der Waals surface area (Å²) in [6.45, 7) is 5.77. The molecule has 0 radical (unpaired) electrons. The Kier molecular flexibility index (Phi) is 4.18. The second-order valence-electron chi connectivity index (χ2n) is 1.94. The first-order valence-electron chi connectivity index (χ1n) is 3.71. The first-order chi connectivity index (χ1) is 5.22. The van der Waals surface area contributed by atoms with Gasteiger partial charge in [-0.2, -0.15) is 5.10 Å². The van der Waals surface area contributed by atoms with Crippen LogP contribution >= 0.6 is 0 Å². The molecule has 0 fully saturated rings. The fourth-order valence-electron chi connectivity index (χ4n) is 0.624. The third kappa shape index (κ3) is 2.53. The van der Waals surface area contributed by atoms with Crippen LogP contribution in [0, 0.1) is 6.92 Å². The lowest BCUT2D eigenvalue weighted by atomic mass is 10.3. The molecule has 0 amide bonds. The standard InChI is InChI=1S/C6H8N2O.C2H6/c1-5-3-4-7-8(2)6(5)9;1-2/h3-4H,1-2H3;1-2H3. The van der Waals surface area contributed by atoms with Gasteiger partial charge < -0.3 is 0 Å². The third-order valence-electron chi connectivity index (χ3n) is 1.20. The van der Waals surface area contributed by atoms with E-state index in [1.54, 1.807) is 26.2 Å². The molecule has 0 aliphatic heterocycles. The van der Waals surface area contributed by atoms with Crippen LogP contribution in [0.25, 0.3) is 0 Å². The fourth-order valence-corrected chi connectivity index (χ4v) is 0.624. The molecule has 0 spiro atoms. The molecule has 0 aliphatic carbocycles. The van der Waals surface area contributed by atoms with Gasteiger partial charge in [0, 0.05) is 18.8 Å². The van der Waals surface area contributed by atoms with Gasteiger partial charge in [0.05, 0.1) is 0 Å². The van der Waals surface area contributed by atoms with Crippen LogP contribution in [-0.2, 0) is 7.05 Å². The molecule has 0 aliphatic rings. The summed E-state index contributed by atoms with van der Waals surface area (Å²) in [5.41, 5.74) is 0.699. The maximum absolute atomic E-state index is 10.9. The van der Waals surface area contributed by atoms with E-state index in [1.807, 2.05) is 13.8 Å². The summed E-state index contributed by atoms with van der Waals surface area (Å²) in [5, 5.41) is 3.74. The molecule has 1 heterocycles. The summed E-state index contributed by atoms with van der Waals surface area (Å²) in [4.78, 5) is 10.9. The molecule has 3 nitrogen and oxygen atoms in total. The Morgan fingerprint density at radius 2 is 2.00 bits per heavy atom. The summed E-state index contributed by atoms with van der Waals surface area (Å²) < 4.78 is 1.31. The van der Waals surface area contributed by atoms with Crippen molar-refractivity contribution in [3.8, 4) is 0 Å². The van der Waals surface area contributed by atoms with E-state index in [-0.39, 0.29) is 5.56 Å². The summed E-state index contributed by atoms with van der Waals surface area (Å²) in [5.74, 6) is 0. The van der Waals surface area contributed by atoms with Crippen LogP contribution in [0.15, 0.2) is 17.1 Å². The largest absolute Gasteiger partial charge is 0.269 e. The lowest BCUT2D eigenvalue weighted by Crippen LogP contribution is -2.20. The van der Waals surface area contributed by atoms with E-state index < -0.39 is 0 Å². The van der Waals surface area contributed by atoms with Crippen molar-refractivity contribution in [2.45, 2.75) is 20.8 Å². The van der Waals surface area contributed by atoms with Crippen molar-refractivity contribution in [1.82, 2.24) is 9.78 Å². The maximum Gasteiger partial charge on any atom is 0.269 e. The molecule has 0 saturated carbocycles. The molecule has 0 aromatic carbocycles. The minimum Gasteiger partial charge on any atom is -0.268 e. The van der Waals surface area contributed by atoms with Gasteiger partial charge in [-0.05, 0) is 13.0 Å². The van der Waals surface area contributed by atoms with Gasteiger partial charge in [-0.15, -0.1) is 0 Å². The molecule has 3 heteroatoms. The van der Waals surface area contributed by atoms with Crippen LogP contribution in [0.1, 0.15) is 19.4 Å². The van der Waals surface area contributed by atoms with Gasteiger partial charge in [-0.25, -0.2) is 4.68 Å². The van der Waals surface area contributed by atoms with Gasteiger partial charge in [0.15, 0.2) is 0 Å². The van der Waals surface area contributed by atoms with Crippen LogP contribution in [0.5, 0.6) is 0 Å². The Balaban J connectivity index is 0.000000461. The van der Waals surface area contributed by atoms with Crippen molar-refractivity contribution < 1.29 is 0 Å². The highest BCUT2D eigenvalue weighted by atomic mass is 16.1. The second kappa shape index (κ2) is 4.66.